The lowest BCUT2D eigenvalue weighted by Gasteiger charge is -2.23. The molecule has 0 heterocycles. The van der Waals surface area contributed by atoms with E-state index < -0.39 is 0 Å². The third-order valence-electron chi connectivity index (χ3n) is 4.59. The third-order valence-corrected chi connectivity index (χ3v) is 5.36. The van der Waals surface area contributed by atoms with E-state index in [1.165, 1.54) is 23.3 Å². The van der Waals surface area contributed by atoms with Crippen molar-refractivity contribution in [1.82, 2.24) is 4.90 Å². The van der Waals surface area contributed by atoms with Gasteiger partial charge in [0, 0.05) is 18.0 Å². The maximum Gasteiger partial charge on any atom is 0.133 e. The number of para-hydroxylation sites is 1. The van der Waals surface area contributed by atoms with Gasteiger partial charge in [-0.15, -0.1) is 11.8 Å². The van der Waals surface area contributed by atoms with Gasteiger partial charge in [-0.25, -0.2) is 0 Å². The smallest absolute Gasteiger partial charge is 0.133 e. The normalized spacial score (nSPS) is 15.5. The lowest BCUT2D eigenvalue weighted by Crippen LogP contribution is -2.27. The minimum Gasteiger partial charge on any atom is -0.489 e. The van der Waals surface area contributed by atoms with Gasteiger partial charge in [0.05, 0.1) is 0 Å². The molecule has 2 aromatic rings. The monoisotopic (exact) mass is 341 g/mol. The van der Waals surface area contributed by atoms with E-state index in [0.717, 1.165) is 31.2 Å². The first-order valence-corrected chi connectivity index (χ1v) is 10.0. The lowest BCUT2D eigenvalue weighted by molar-refractivity contribution is 0.145. The van der Waals surface area contributed by atoms with Gasteiger partial charge in [0.15, 0.2) is 0 Å². The molecule has 2 aromatic carbocycles. The average molecular weight is 342 g/mol. The summed E-state index contributed by atoms with van der Waals surface area (Å²) >= 11 is 1.76. The number of rotatable bonds is 9. The number of hydrogen-bond donors (Lipinski definition) is 0. The van der Waals surface area contributed by atoms with E-state index in [0.29, 0.717) is 6.10 Å². The van der Waals surface area contributed by atoms with Crippen LogP contribution in [0.25, 0.3) is 0 Å². The number of thioether (sulfide) groups is 1. The molecule has 0 bridgehead atoms. The summed E-state index contributed by atoms with van der Waals surface area (Å²) in [5.41, 5.74) is 1.37. The molecule has 0 aromatic heterocycles. The maximum absolute atomic E-state index is 6.41. The van der Waals surface area contributed by atoms with Crippen LogP contribution in [0.15, 0.2) is 59.5 Å². The lowest BCUT2D eigenvalue weighted by atomic mass is 10.1. The minimum absolute atomic E-state index is 0.344. The summed E-state index contributed by atoms with van der Waals surface area (Å²) in [5.74, 6) is 1.79. The van der Waals surface area contributed by atoms with Gasteiger partial charge in [-0.1, -0.05) is 42.5 Å². The molecule has 0 aliphatic heterocycles. The Kier molecular flexibility index (Phi) is 6.22. The standard InChI is InChI=1S/C21H27NOS/c1-22(16-17-8-4-3-5-9-17)15-14-19(18-12-13-18)23-20-10-6-7-11-21(20)24-2/h3-11,18-19H,12-16H2,1-2H3. The van der Waals surface area contributed by atoms with Crippen molar-refractivity contribution < 1.29 is 4.74 Å². The van der Waals surface area contributed by atoms with Crippen molar-refractivity contribution in [2.24, 2.45) is 5.92 Å². The second-order valence-corrected chi connectivity index (χ2v) is 7.50. The molecule has 0 amide bonds. The van der Waals surface area contributed by atoms with E-state index in [-0.39, 0.29) is 0 Å². The fourth-order valence-corrected chi connectivity index (χ4v) is 3.59. The van der Waals surface area contributed by atoms with Crippen LogP contribution in [0.4, 0.5) is 0 Å². The van der Waals surface area contributed by atoms with Crippen LogP contribution in [0.5, 0.6) is 5.75 Å². The number of nitrogens with zero attached hydrogens (tertiary/aromatic N) is 1. The zero-order valence-corrected chi connectivity index (χ0v) is 15.5. The Morgan fingerprint density at radius 2 is 1.79 bits per heavy atom. The zero-order valence-electron chi connectivity index (χ0n) is 14.7. The molecule has 0 saturated heterocycles. The van der Waals surface area contributed by atoms with Crippen LogP contribution >= 0.6 is 11.8 Å². The summed E-state index contributed by atoms with van der Waals surface area (Å²) in [7, 11) is 2.20. The Labute approximate surface area is 150 Å². The Morgan fingerprint density at radius 3 is 2.50 bits per heavy atom. The SMILES string of the molecule is CSc1ccccc1OC(CCN(C)Cc1ccccc1)C1CC1. The van der Waals surface area contributed by atoms with Gasteiger partial charge in [-0.05, 0) is 56.2 Å². The van der Waals surface area contributed by atoms with Crippen molar-refractivity contribution >= 4 is 11.8 Å². The molecule has 128 valence electrons. The highest BCUT2D eigenvalue weighted by atomic mass is 32.2. The molecule has 1 saturated carbocycles. The molecule has 1 fully saturated rings. The predicted octanol–water partition coefficient (Wildman–Crippen LogP) is 5.09. The molecule has 3 heteroatoms. The van der Waals surface area contributed by atoms with Gasteiger partial charge in [-0.3, -0.25) is 0 Å². The van der Waals surface area contributed by atoms with Gasteiger partial charge in [0.2, 0.25) is 0 Å². The summed E-state index contributed by atoms with van der Waals surface area (Å²) in [6, 6.07) is 19.1. The van der Waals surface area contributed by atoms with Crippen LogP contribution in [-0.4, -0.2) is 30.9 Å². The number of ether oxygens (including phenoxy) is 1. The van der Waals surface area contributed by atoms with Gasteiger partial charge in [0.25, 0.3) is 0 Å². The largest absolute Gasteiger partial charge is 0.489 e. The van der Waals surface area contributed by atoms with Crippen molar-refractivity contribution in [3.8, 4) is 5.75 Å². The summed E-state index contributed by atoms with van der Waals surface area (Å²) in [5, 5.41) is 0. The topological polar surface area (TPSA) is 12.5 Å². The van der Waals surface area contributed by atoms with Crippen molar-refractivity contribution in [3.63, 3.8) is 0 Å². The molecule has 1 aliphatic rings. The molecule has 1 unspecified atom stereocenters. The van der Waals surface area contributed by atoms with Crippen molar-refractivity contribution in [2.75, 3.05) is 19.8 Å². The molecule has 0 N–H and O–H groups in total. The van der Waals surface area contributed by atoms with Crippen LogP contribution < -0.4 is 4.74 Å². The summed E-state index contributed by atoms with van der Waals surface area (Å²) in [6.07, 6.45) is 6.18. The Hall–Kier alpha value is -1.45. The molecule has 0 spiro atoms. The molecule has 3 rings (SSSR count). The van der Waals surface area contributed by atoms with Gasteiger partial charge >= 0.3 is 0 Å². The second-order valence-electron chi connectivity index (χ2n) is 6.66. The summed E-state index contributed by atoms with van der Waals surface area (Å²) < 4.78 is 6.41. The molecule has 1 aliphatic carbocycles. The predicted molar refractivity (Wildman–Crippen MR) is 103 cm³/mol. The summed E-state index contributed by atoms with van der Waals surface area (Å²) in [6.45, 7) is 2.07. The van der Waals surface area contributed by atoms with Gasteiger partial charge in [0.1, 0.15) is 11.9 Å². The third kappa shape index (κ3) is 5.02. The van der Waals surface area contributed by atoms with Crippen LogP contribution in [0, 0.1) is 5.92 Å². The maximum atomic E-state index is 6.41. The molecular weight excluding hydrogens is 314 g/mol. The molecule has 2 nitrogen and oxygen atoms in total. The summed E-state index contributed by atoms with van der Waals surface area (Å²) in [4.78, 5) is 3.63. The van der Waals surface area contributed by atoms with Gasteiger partial charge in [-0.2, -0.15) is 0 Å². The highest BCUT2D eigenvalue weighted by Gasteiger charge is 2.33. The first-order valence-electron chi connectivity index (χ1n) is 8.78. The first kappa shape index (κ1) is 17.4. The second kappa shape index (κ2) is 8.59. The van der Waals surface area contributed by atoms with Crippen LogP contribution in [-0.2, 0) is 6.54 Å². The molecular formula is C21H27NOS. The Morgan fingerprint density at radius 1 is 1.08 bits per heavy atom. The highest BCUT2D eigenvalue weighted by molar-refractivity contribution is 7.98. The van der Waals surface area contributed by atoms with E-state index in [1.54, 1.807) is 11.8 Å². The average Bonchev–Trinajstić information content (AvgIpc) is 3.45. The van der Waals surface area contributed by atoms with E-state index in [9.17, 15) is 0 Å². The fraction of sp³-hybridized carbons (Fsp3) is 0.429. The van der Waals surface area contributed by atoms with Crippen molar-refractivity contribution in [2.45, 2.75) is 36.8 Å². The molecule has 1 atom stereocenters. The Bertz CT molecular complexity index is 627. The van der Waals surface area contributed by atoms with Crippen LogP contribution in [0.1, 0.15) is 24.8 Å². The first-order chi connectivity index (χ1) is 11.8. The van der Waals surface area contributed by atoms with Crippen molar-refractivity contribution in [3.05, 3.63) is 60.2 Å². The fourth-order valence-electron chi connectivity index (χ4n) is 3.06. The highest BCUT2D eigenvalue weighted by Crippen LogP contribution is 2.38. The molecule has 24 heavy (non-hydrogen) atoms. The Balaban J connectivity index is 1.54. The van der Waals surface area contributed by atoms with Gasteiger partial charge < -0.3 is 9.64 Å². The van der Waals surface area contributed by atoms with E-state index >= 15 is 0 Å². The van der Waals surface area contributed by atoms with Crippen LogP contribution in [0.3, 0.4) is 0 Å². The van der Waals surface area contributed by atoms with Crippen LogP contribution in [0.2, 0.25) is 0 Å². The zero-order chi connectivity index (χ0) is 16.8. The minimum atomic E-state index is 0.344. The number of benzene rings is 2. The van der Waals surface area contributed by atoms with E-state index in [4.69, 9.17) is 4.74 Å². The van der Waals surface area contributed by atoms with E-state index in [2.05, 4.69) is 72.8 Å². The van der Waals surface area contributed by atoms with E-state index in [1.807, 2.05) is 0 Å². The van der Waals surface area contributed by atoms with Crippen molar-refractivity contribution in [1.29, 1.82) is 0 Å². The quantitative estimate of drug-likeness (QED) is 0.590. The molecule has 0 radical (unpaired) electrons. The number of hydrogen-bond acceptors (Lipinski definition) is 3.